The van der Waals surface area contributed by atoms with E-state index >= 15 is 0 Å². The van der Waals surface area contributed by atoms with Crippen LogP contribution in [-0.2, 0) is 6.54 Å². The fourth-order valence-corrected chi connectivity index (χ4v) is 3.92. The predicted molar refractivity (Wildman–Crippen MR) is 119 cm³/mol. The van der Waals surface area contributed by atoms with Crippen molar-refractivity contribution < 1.29 is 14.3 Å². The lowest BCUT2D eigenvalue weighted by atomic mass is 10.1. The van der Waals surface area contributed by atoms with Crippen molar-refractivity contribution in [1.82, 2.24) is 20.0 Å². The smallest absolute Gasteiger partial charge is 0.257 e. The maximum absolute atomic E-state index is 13.3. The second-order valence-electron chi connectivity index (χ2n) is 7.66. The zero-order valence-corrected chi connectivity index (χ0v) is 18.0. The van der Waals surface area contributed by atoms with E-state index in [4.69, 9.17) is 9.47 Å². The van der Waals surface area contributed by atoms with Gasteiger partial charge in [0.15, 0.2) is 0 Å². The van der Waals surface area contributed by atoms with Crippen molar-refractivity contribution >= 4 is 5.91 Å². The minimum atomic E-state index is 0.0193. The van der Waals surface area contributed by atoms with E-state index in [2.05, 4.69) is 27.2 Å². The number of carbonyl (C=O) groups is 1. The molecule has 1 aromatic heterocycles. The third-order valence-electron chi connectivity index (χ3n) is 5.69. The molecule has 2 aromatic carbocycles. The second kappa shape index (κ2) is 9.66. The first-order chi connectivity index (χ1) is 15.2. The van der Waals surface area contributed by atoms with Crippen molar-refractivity contribution in [3.05, 3.63) is 65.9 Å². The van der Waals surface area contributed by atoms with Crippen molar-refractivity contribution in [3.8, 4) is 22.8 Å². The van der Waals surface area contributed by atoms with E-state index < -0.39 is 0 Å². The van der Waals surface area contributed by atoms with Gasteiger partial charge in [-0.15, -0.1) is 0 Å². The third-order valence-corrected chi connectivity index (χ3v) is 5.69. The molecule has 7 heteroatoms. The minimum Gasteiger partial charge on any atom is -0.497 e. The molecule has 0 saturated carbocycles. The van der Waals surface area contributed by atoms with Gasteiger partial charge in [0.1, 0.15) is 11.5 Å². The summed E-state index contributed by atoms with van der Waals surface area (Å²) < 4.78 is 10.5. The van der Waals surface area contributed by atoms with Crippen LogP contribution < -0.4 is 9.47 Å². The van der Waals surface area contributed by atoms with Gasteiger partial charge >= 0.3 is 0 Å². The highest BCUT2D eigenvalue weighted by Crippen LogP contribution is 2.25. The summed E-state index contributed by atoms with van der Waals surface area (Å²) in [6, 6.07) is 15.8. The molecule has 0 unspecified atom stereocenters. The summed E-state index contributed by atoms with van der Waals surface area (Å²) in [6.45, 7) is 4.11. The number of amides is 1. The van der Waals surface area contributed by atoms with E-state index in [-0.39, 0.29) is 5.91 Å². The molecule has 0 radical (unpaired) electrons. The number of hydrogen-bond donors (Lipinski definition) is 1. The SMILES string of the molecule is COc1ccc(CN2CCCN(C(=O)c3cn[nH]c3-c3ccc(OC)cc3)CC2)cc1. The van der Waals surface area contributed by atoms with Gasteiger partial charge < -0.3 is 14.4 Å². The molecular formula is C24H28N4O3. The van der Waals surface area contributed by atoms with Crippen LogP contribution in [0.5, 0.6) is 11.5 Å². The van der Waals surface area contributed by atoms with E-state index in [0.29, 0.717) is 12.1 Å². The first-order valence-corrected chi connectivity index (χ1v) is 10.5. The van der Waals surface area contributed by atoms with Crippen LogP contribution in [0.4, 0.5) is 0 Å². The molecule has 2 heterocycles. The Hall–Kier alpha value is -3.32. The second-order valence-corrected chi connectivity index (χ2v) is 7.66. The van der Waals surface area contributed by atoms with E-state index in [1.165, 1.54) is 5.56 Å². The van der Waals surface area contributed by atoms with Crippen molar-refractivity contribution in [2.75, 3.05) is 40.4 Å². The molecule has 0 atom stereocenters. The predicted octanol–water partition coefficient (Wildman–Crippen LogP) is 3.44. The first kappa shape index (κ1) is 20.9. The van der Waals surface area contributed by atoms with E-state index in [9.17, 15) is 4.79 Å². The third kappa shape index (κ3) is 4.88. The number of rotatable bonds is 6. The summed E-state index contributed by atoms with van der Waals surface area (Å²) in [5.74, 6) is 1.66. The quantitative estimate of drug-likeness (QED) is 0.662. The monoisotopic (exact) mass is 420 g/mol. The Morgan fingerprint density at radius 1 is 0.935 bits per heavy atom. The van der Waals surface area contributed by atoms with Crippen LogP contribution in [0.2, 0.25) is 0 Å². The molecule has 0 bridgehead atoms. The topological polar surface area (TPSA) is 70.7 Å². The number of aromatic nitrogens is 2. The van der Waals surface area contributed by atoms with Crippen molar-refractivity contribution in [3.63, 3.8) is 0 Å². The molecule has 3 aromatic rings. The summed E-state index contributed by atoms with van der Waals surface area (Å²) in [5.41, 5.74) is 3.51. The van der Waals surface area contributed by atoms with Crippen LogP contribution >= 0.6 is 0 Å². The molecule has 31 heavy (non-hydrogen) atoms. The zero-order valence-electron chi connectivity index (χ0n) is 18.0. The molecular weight excluding hydrogens is 392 g/mol. The molecule has 4 rings (SSSR count). The first-order valence-electron chi connectivity index (χ1n) is 10.5. The van der Waals surface area contributed by atoms with Gasteiger partial charge in [0.2, 0.25) is 0 Å². The number of benzene rings is 2. The van der Waals surface area contributed by atoms with Gasteiger partial charge in [0, 0.05) is 38.3 Å². The molecule has 1 aliphatic heterocycles. The average Bonchev–Trinajstić information content (AvgIpc) is 3.19. The Morgan fingerprint density at radius 2 is 1.61 bits per heavy atom. The Bertz CT molecular complexity index is 998. The van der Waals surface area contributed by atoms with Crippen LogP contribution in [-0.4, -0.2) is 66.3 Å². The van der Waals surface area contributed by atoms with Gasteiger partial charge in [-0.1, -0.05) is 12.1 Å². The normalized spacial score (nSPS) is 14.8. The molecule has 0 spiro atoms. The zero-order chi connectivity index (χ0) is 21.6. The maximum atomic E-state index is 13.3. The minimum absolute atomic E-state index is 0.0193. The molecule has 1 amide bonds. The number of aromatic amines is 1. The number of H-pyrrole nitrogens is 1. The number of hydrogen-bond acceptors (Lipinski definition) is 5. The maximum Gasteiger partial charge on any atom is 0.257 e. The van der Waals surface area contributed by atoms with Gasteiger partial charge in [-0.05, 0) is 48.4 Å². The van der Waals surface area contributed by atoms with Crippen LogP contribution in [0.15, 0.2) is 54.7 Å². The molecule has 1 fully saturated rings. The average molecular weight is 421 g/mol. The van der Waals surface area contributed by atoms with E-state index in [1.54, 1.807) is 20.4 Å². The van der Waals surface area contributed by atoms with Crippen LogP contribution in [0.25, 0.3) is 11.3 Å². The van der Waals surface area contributed by atoms with Gasteiger partial charge in [-0.25, -0.2) is 0 Å². The summed E-state index contributed by atoms with van der Waals surface area (Å²) in [7, 11) is 3.31. The van der Waals surface area contributed by atoms with E-state index in [1.807, 2.05) is 41.3 Å². The molecule has 0 aliphatic carbocycles. The summed E-state index contributed by atoms with van der Waals surface area (Å²) in [4.78, 5) is 17.6. The molecule has 1 N–H and O–H groups in total. The Morgan fingerprint density at radius 3 is 2.29 bits per heavy atom. The van der Waals surface area contributed by atoms with Gasteiger partial charge in [0.25, 0.3) is 5.91 Å². The fourth-order valence-electron chi connectivity index (χ4n) is 3.92. The van der Waals surface area contributed by atoms with Gasteiger partial charge in [-0.3, -0.25) is 14.8 Å². The Balaban J connectivity index is 1.41. The standard InChI is InChI=1S/C24H28N4O3/c1-30-20-8-4-18(5-9-20)17-27-12-3-13-28(15-14-27)24(29)22-16-25-26-23(22)19-6-10-21(31-2)11-7-19/h4-11,16H,3,12-15,17H2,1-2H3,(H,25,26). The molecule has 7 nitrogen and oxygen atoms in total. The van der Waals surface area contributed by atoms with Gasteiger partial charge in [-0.2, -0.15) is 5.10 Å². The highest BCUT2D eigenvalue weighted by atomic mass is 16.5. The Labute approximate surface area is 182 Å². The van der Waals surface area contributed by atoms with Crippen molar-refractivity contribution in [2.24, 2.45) is 0 Å². The number of methoxy groups -OCH3 is 2. The molecule has 1 saturated heterocycles. The highest BCUT2D eigenvalue weighted by molar-refractivity contribution is 5.99. The van der Waals surface area contributed by atoms with Gasteiger partial charge in [0.05, 0.1) is 31.7 Å². The van der Waals surface area contributed by atoms with Crippen LogP contribution in [0, 0.1) is 0 Å². The largest absolute Gasteiger partial charge is 0.497 e. The van der Waals surface area contributed by atoms with Crippen LogP contribution in [0.1, 0.15) is 22.3 Å². The number of ether oxygens (including phenoxy) is 2. The lowest BCUT2D eigenvalue weighted by Gasteiger charge is -2.22. The molecule has 162 valence electrons. The number of nitrogens with zero attached hydrogens (tertiary/aromatic N) is 3. The Kier molecular flexibility index (Phi) is 6.52. The summed E-state index contributed by atoms with van der Waals surface area (Å²) in [6.07, 6.45) is 2.57. The van der Waals surface area contributed by atoms with Crippen molar-refractivity contribution in [1.29, 1.82) is 0 Å². The molecule has 1 aliphatic rings. The summed E-state index contributed by atoms with van der Waals surface area (Å²) >= 11 is 0. The number of nitrogens with one attached hydrogen (secondary N) is 1. The van der Waals surface area contributed by atoms with Crippen molar-refractivity contribution in [2.45, 2.75) is 13.0 Å². The van der Waals surface area contributed by atoms with E-state index in [0.717, 1.165) is 55.4 Å². The summed E-state index contributed by atoms with van der Waals surface area (Å²) in [5, 5.41) is 7.13. The fraction of sp³-hybridized carbons (Fsp3) is 0.333. The lowest BCUT2D eigenvalue weighted by Crippen LogP contribution is -2.35. The van der Waals surface area contributed by atoms with Crippen LogP contribution in [0.3, 0.4) is 0 Å². The number of carbonyl (C=O) groups excluding carboxylic acids is 1. The highest BCUT2D eigenvalue weighted by Gasteiger charge is 2.24. The lowest BCUT2D eigenvalue weighted by molar-refractivity contribution is 0.0762.